The zero-order chi connectivity index (χ0) is 15.3. The van der Waals surface area contributed by atoms with Crippen LogP contribution < -0.4 is 0 Å². The number of benzene rings is 1. The highest BCUT2D eigenvalue weighted by Crippen LogP contribution is 2.18. The second-order valence-corrected chi connectivity index (χ2v) is 10.5. The Hall–Kier alpha value is -1.39. The Morgan fingerprint density at radius 2 is 1.85 bits per heavy atom. The third kappa shape index (κ3) is 6.17. The molecule has 0 spiro atoms. The van der Waals surface area contributed by atoms with Gasteiger partial charge in [-0.15, -0.1) is 0 Å². The quantitative estimate of drug-likeness (QED) is 0.493. The molecular weight excluding hydrogens is 268 g/mol. The summed E-state index contributed by atoms with van der Waals surface area (Å²) < 4.78 is 5.71. The molecule has 0 saturated heterocycles. The van der Waals surface area contributed by atoms with Crippen LogP contribution in [0.4, 0.5) is 0 Å². The predicted molar refractivity (Wildman–Crippen MR) is 84.0 cm³/mol. The van der Waals surface area contributed by atoms with Crippen LogP contribution in [0.5, 0.6) is 0 Å². The highest BCUT2D eigenvalue weighted by atomic mass is 28.4. The first-order chi connectivity index (χ1) is 9.17. The van der Waals surface area contributed by atoms with Gasteiger partial charge in [-0.3, -0.25) is 4.79 Å². The molecule has 1 unspecified atom stereocenters. The SMILES string of the molecule is C/C(=C\C(=O)CC(O)c1ccc(C)cc1)O[Si](C)(C)C. The number of hydrogen-bond donors (Lipinski definition) is 1. The van der Waals surface area contributed by atoms with Gasteiger partial charge in [0.2, 0.25) is 8.32 Å². The lowest BCUT2D eigenvalue weighted by Crippen LogP contribution is -2.24. The minimum Gasteiger partial charge on any atom is -0.547 e. The van der Waals surface area contributed by atoms with E-state index >= 15 is 0 Å². The summed E-state index contributed by atoms with van der Waals surface area (Å²) in [6.07, 6.45) is 0.796. The van der Waals surface area contributed by atoms with E-state index in [4.69, 9.17) is 4.43 Å². The second kappa shape index (κ2) is 6.86. The van der Waals surface area contributed by atoms with Crippen molar-refractivity contribution in [3.8, 4) is 0 Å². The van der Waals surface area contributed by atoms with Crippen molar-refractivity contribution in [2.75, 3.05) is 0 Å². The van der Waals surface area contributed by atoms with Crippen LogP contribution >= 0.6 is 0 Å². The fourth-order valence-electron chi connectivity index (χ4n) is 1.90. The van der Waals surface area contributed by atoms with Gasteiger partial charge < -0.3 is 9.53 Å². The van der Waals surface area contributed by atoms with E-state index in [1.165, 1.54) is 6.08 Å². The van der Waals surface area contributed by atoms with E-state index in [-0.39, 0.29) is 12.2 Å². The number of carbonyl (C=O) groups is 1. The molecular formula is C16H24O3Si. The molecule has 1 aromatic rings. The van der Waals surface area contributed by atoms with Crippen molar-refractivity contribution in [2.45, 2.75) is 46.0 Å². The molecule has 0 aromatic heterocycles. The Bertz CT molecular complexity index is 483. The van der Waals surface area contributed by atoms with Crippen molar-refractivity contribution < 1.29 is 14.3 Å². The summed E-state index contributed by atoms with van der Waals surface area (Å²) in [5.41, 5.74) is 1.90. The van der Waals surface area contributed by atoms with Crippen LogP contribution in [0.3, 0.4) is 0 Å². The number of allylic oxidation sites excluding steroid dienone is 2. The van der Waals surface area contributed by atoms with Crippen LogP contribution in [-0.4, -0.2) is 19.2 Å². The molecule has 0 saturated carbocycles. The second-order valence-electron chi connectivity index (χ2n) is 6.07. The topological polar surface area (TPSA) is 46.5 Å². The van der Waals surface area contributed by atoms with Crippen LogP contribution in [0.1, 0.15) is 30.6 Å². The number of aliphatic hydroxyl groups is 1. The smallest absolute Gasteiger partial charge is 0.241 e. The summed E-state index contributed by atoms with van der Waals surface area (Å²) in [6.45, 7) is 9.97. The molecule has 3 nitrogen and oxygen atoms in total. The average Bonchev–Trinajstić information content (AvgIpc) is 2.26. The molecule has 4 heteroatoms. The predicted octanol–water partition coefficient (Wildman–Crippen LogP) is 3.74. The van der Waals surface area contributed by atoms with Crippen LogP contribution in [0, 0.1) is 6.92 Å². The number of aryl methyl sites for hydroxylation is 1. The van der Waals surface area contributed by atoms with E-state index in [0.717, 1.165) is 11.1 Å². The van der Waals surface area contributed by atoms with Crippen LogP contribution in [0.25, 0.3) is 0 Å². The molecule has 0 fully saturated rings. The summed E-state index contributed by atoms with van der Waals surface area (Å²) in [7, 11) is -1.68. The number of rotatable bonds is 6. The van der Waals surface area contributed by atoms with Crippen molar-refractivity contribution in [3.63, 3.8) is 0 Å². The molecule has 1 rings (SSSR count). The number of aliphatic hydroxyl groups excluding tert-OH is 1. The van der Waals surface area contributed by atoms with E-state index in [0.29, 0.717) is 5.76 Å². The van der Waals surface area contributed by atoms with Crippen molar-refractivity contribution in [3.05, 3.63) is 47.2 Å². The molecule has 0 aliphatic rings. The van der Waals surface area contributed by atoms with Crippen molar-refractivity contribution in [2.24, 2.45) is 0 Å². The molecule has 1 N–H and O–H groups in total. The van der Waals surface area contributed by atoms with Gasteiger partial charge in [0.1, 0.15) is 0 Å². The molecule has 20 heavy (non-hydrogen) atoms. The standard InChI is InChI=1S/C16H24O3Si/c1-12-6-8-14(9-7-12)16(18)11-15(17)10-13(2)19-20(3,4)5/h6-10,16,18H,11H2,1-5H3/b13-10+. The summed E-state index contributed by atoms with van der Waals surface area (Å²) in [5, 5.41) is 10.0. The Balaban J connectivity index is 2.62. The van der Waals surface area contributed by atoms with E-state index in [2.05, 4.69) is 19.6 Å². The molecule has 0 amide bonds. The Morgan fingerprint density at radius 3 is 2.35 bits per heavy atom. The minimum atomic E-state index is -1.68. The van der Waals surface area contributed by atoms with Gasteiger partial charge in [-0.25, -0.2) is 0 Å². The fraction of sp³-hybridized carbons (Fsp3) is 0.438. The molecule has 0 bridgehead atoms. The zero-order valence-corrected chi connectivity index (χ0v) is 13.9. The molecule has 0 radical (unpaired) electrons. The summed E-state index contributed by atoms with van der Waals surface area (Å²) in [5.74, 6) is 0.513. The Labute approximate surface area is 122 Å². The van der Waals surface area contributed by atoms with Gasteiger partial charge in [-0.2, -0.15) is 0 Å². The zero-order valence-electron chi connectivity index (χ0n) is 12.9. The van der Waals surface area contributed by atoms with Gasteiger partial charge >= 0.3 is 0 Å². The number of ketones is 1. The van der Waals surface area contributed by atoms with Gasteiger partial charge in [0.25, 0.3) is 0 Å². The van der Waals surface area contributed by atoms with Gasteiger partial charge in [0, 0.05) is 12.5 Å². The molecule has 0 heterocycles. The minimum absolute atomic E-state index is 0.0788. The summed E-state index contributed by atoms with van der Waals surface area (Å²) in [4.78, 5) is 11.9. The first-order valence-corrected chi connectivity index (χ1v) is 10.2. The van der Waals surface area contributed by atoms with E-state index in [1.54, 1.807) is 6.92 Å². The molecule has 0 aliphatic carbocycles. The van der Waals surface area contributed by atoms with Gasteiger partial charge in [-0.1, -0.05) is 29.8 Å². The monoisotopic (exact) mass is 292 g/mol. The summed E-state index contributed by atoms with van der Waals surface area (Å²) in [6, 6.07) is 7.56. The van der Waals surface area contributed by atoms with Crippen LogP contribution in [0.2, 0.25) is 19.6 Å². The third-order valence-corrected chi connectivity index (χ3v) is 3.62. The Morgan fingerprint density at radius 1 is 1.30 bits per heavy atom. The lowest BCUT2D eigenvalue weighted by atomic mass is 10.0. The molecule has 1 aromatic carbocycles. The first-order valence-electron chi connectivity index (χ1n) is 6.82. The van der Waals surface area contributed by atoms with E-state index < -0.39 is 14.4 Å². The van der Waals surface area contributed by atoms with Crippen molar-refractivity contribution >= 4 is 14.1 Å². The van der Waals surface area contributed by atoms with Gasteiger partial charge in [0.05, 0.1) is 11.9 Å². The lowest BCUT2D eigenvalue weighted by Gasteiger charge is -2.19. The maximum Gasteiger partial charge on any atom is 0.241 e. The van der Waals surface area contributed by atoms with Gasteiger partial charge in [-0.05, 0) is 39.1 Å². The maximum atomic E-state index is 11.9. The lowest BCUT2D eigenvalue weighted by molar-refractivity contribution is -0.116. The molecule has 110 valence electrons. The largest absolute Gasteiger partial charge is 0.547 e. The average molecular weight is 292 g/mol. The molecule has 1 atom stereocenters. The van der Waals surface area contributed by atoms with E-state index in [9.17, 15) is 9.90 Å². The first kappa shape index (κ1) is 16.7. The number of carbonyl (C=O) groups excluding carboxylic acids is 1. The number of hydrogen-bond acceptors (Lipinski definition) is 3. The summed E-state index contributed by atoms with van der Waals surface area (Å²) >= 11 is 0. The third-order valence-electron chi connectivity index (χ3n) is 2.69. The normalized spacial score (nSPS) is 14.0. The van der Waals surface area contributed by atoms with Crippen LogP contribution in [-0.2, 0) is 9.22 Å². The highest BCUT2D eigenvalue weighted by molar-refractivity contribution is 6.70. The Kier molecular flexibility index (Phi) is 5.71. The fourth-order valence-corrected chi connectivity index (χ4v) is 2.92. The maximum absolute atomic E-state index is 11.9. The van der Waals surface area contributed by atoms with Crippen molar-refractivity contribution in [1.29, 1.82) is 0 Å². The van der Waals surface area contributed by atoms with E-state index in [1.807, 2.05) is 31.2 Å². The van der Waals surface area contributed by atoms with Gasteiger partial charge in [0.15, 0.2) is 5.78 Å². The van der Waals surface area contributed by atoms with Crippen molar-refractivity contribution in [1.82, 2.24) is 0 Å². The highest BCUT2D eigenvalue weighted by Gasteiger charge is 2.17. The molecule has 0 aliphatic heterocycles. The van der Waals surface area contributed by atoms with Crippen LogP contribution in [0.15, 0.2) is 36.1 Å².